The van der Waals surface area contributed by atoms with E-state index in [2.05, 4.69) is 28.9 Å². The highest BCUT2D eigenvalue weighted by Crippen LogP contribution is 2.46. The summed E-state index contributed by atoms with van der Waals surface area (Å²) < 4.78 is 35.2. The summed E-state index contributed by atoms with van der Waals surface area (Å²) in [5.41, 5.74) is 3.59. The molecule has 1 N–H and O–H groups in total. The van der Waals surface area contributed by atoms with Crippen LogP contribution in [-0.2, 0) is 15.6 Å². The Morgan fingerprint density at radius 2 is 1.91 bits per heavy atom. The van der Waals surface area contributed by atoms with Crippen LogP contribution in [0, 0.1) is 0 Å². The number of thiazole rings is 1. The van der Waals surface area contributed by atoms with Crippen LogP contribution in [0.5, 0.6) is 5.75 Å². The lowest BCUT2D eigenvalue weighted by Gasteiger charge is -2.33. The fraction of sp³-hybridized carbons (Fsp3) is 0.182. The van der Waals surface area contributed by atoms with Crippen molar-refractivity contribution in [3.63, 3.8) is 0 Å². The third-order valence-corrected chi connectivity index (χ3v) is 9.84. The van der Waals surface area contributed by atoms with Gasteiger partial charge in [0.05, 0.1) is 28.1 Å². The zero-order valence-electron chi connectivity index (χ0n) is 17.9. The summed E-state index contributed by atoms with van der Waals surface area (Å²) >= 11 is 1.17. The van der Waals surface area contributed by atoms with Crippen molar-refractivity contribution in [1.29, 1.82) is 0 Å². The lowest BCUT2D eigenvalue weighted by Crippen LogP contribution is -2.31. The third kappa shape index (κ3) is 4.17. The molecular formula is C22H19N4O3S4-. The lowest BCUT2D eigenvalue weighted by atomic mass is 9.90. The molecular weight excluding hydrogens is 497 g/mol. The molecule has 2 aromatic heterocycles. The second kappa shape index (κ2) is 8.24. The van der Waals surface area contributed by atoms with Crippen LogP contribution in [-0.4, -0.2) is 20.5 Å². The standard InChI is InChI=1S/C22H19N4O3S4/c1-22(2)19-18(16-12-14(29-3)6-9-17(16)25-22)20(32-31-19)24-13-4-7-15(8-5-13)33(27,28)26-21-23-10-11-30-21/h4-12,25H,1-3H3/q-1. The van der Waals surface area contributed by atoms with Crippen molar-refractivity contribution >= 4 is 58.5 Å². The maximum absolute atomic E-state index is 12.5. The zero-order chi connectivity index (χ0) is 23.2. The van der Waals surface area contributed by atoms with Crippen LogP contribution >= 0.6 is 32.0 Å². The van der Waals surface area contributed by atoms with Crippen LogP contribution in [0.4, 0.5) is 16.5 Å². The van der Waals surface area contributed by atoms with Crippen molar-refractivity contribution < 1.29 is 13.2 Å². The van der Waals surface area contributed by atoms with Gasteiger partial charge in [0.25, 0.3) is 0 Å². The number of nitrogens with one attached hydrogen (secondary N) is 1. The molecule has 4 aromatic rings. The molecule has 170 valence electrons. The first kappa shape index (κ1) is 22.1. The molecule has 7 nitrogen and oxygen atoms in total. The molecule has 0 aliphatic carbocycles. The van der Waals surface area contributed by atoms with Gasteiger partial charge < -0.3 is 19.8 Å². The quantitative estimate of drug-likeness (QED) is 0.318. The Balaban J connectivity index is 1.54. The van der Waals surface area contributed by atoms with Crippen LogP contribution in [0.25, 0.3) is 15.8 Å². The number of hydrogen-bond donors (Lipinski definition) is 1. The highest BCUT2D eigenvalue weighted by molar-refractivity contribution is 7.94. The molecule has 0 fully saturated rings. The van der Waals surface area contributed by atoms with Crippen LogP contribution < -0.4 is 14.7 Å². The average Bonchev–Trinajstić information content (AvgIpc) is 3.44. The van der Waals surface area contributed by atoms with Gasteiger partial charge in [0, 0.05) is 21.9 Å². The van der Waals surface area contributed by atoms with Gasteiger partial charge in [-0.1, -0.05) is 26.9 Å². The molecule has 0 amide bonds. The largest absolute Gasteiger partial charge is 0.497 e. The smallest absolute Gasteiger partial charge is 0.202 e. The number of rotatable bonds is 5. The van der Waals surface area contributed by atoms with Crippen LogP contribution in [0.15, 0.2) is 63.9 Å². The van der Waals surface area contributed by atoms with Gasteiger partial charge in [-0.3, -0.25) is 0 Å². The Morgan fingerprint density at radius 3 is 2.61 bits per heavy atom. The molecule has 0 saturated carbocycles. The molecule has 0 radical (unpaired) electrons. The number of benzene rings is 2. The molecule has 2 aromatic carbocycles. The minimum Gasteiger partial charge on any atom is -0.497 e. The first-order valence-corrected chi connectivity index (χ1v) is 14.4. The number of anilines is 1. The summed E-state index contributed by atoms with van der Waals surface area (Å²) in [6.45, 7) is 4.30. The normalized spacial score (nSPS) is 14.8. The molecule has 5 rings (SSSR count). The van der Waals surface area contributed by atoms with Crippen molar-refractivity contribution in [2.45, 2.75) is 24.3 Å². The monoisotopic (exact) mass is 515 g/mol. The Labute approximate surface area is 202 Å². The van der Waals surface area contributed by atoms with Gasteiger partial charge in [-0.2, -0.15) is 11.3 Å². The first-order chi connectivity index (χ1) is 15.8. The van der Waals surface area contributed by atoms with E-state index in [1.807, 2.05) is 18.2 Å². The first-order valence-electron chi connectivity index (χ1n) is 9.89. The molecule has 1 aliphatic rings. The number of fused-ring (bicyclic) bond motifs is 3. The van der Waals surface area contributed by atoms with Gasteiger partial charge in [-0.25, -0.2) is 13.4 Å². The summed E-state index contributed by atoms with van der Waals surface area (Å²) in [4.78, 5) is 10.1. The second-order valence-corrected chi connectivity index (χ2v) is 12.4. The predicted octanol–water partition coefficient (Wildman–Crippen LogP) is 6.23. The van der Waals surface area contributed by atoms with Crippen molar-refractivity contribution in [2.75, 3.05) is 12.4 Å². The summed E-state index contributed by atoms with van der Waals surface area (Å²) in [5.74, 6) is 0.780. The fourth-order valence-corrected chi connectivity index (χ4v) is 8.18. The number of hydrogen-bond acceptors (Lipinski definition) is 9. The third-order valence-electron chi connectivity index (χ3n) is 5.14. The second-order valence-electron chi connectivity index (χ2n) is 7.82. The predicted molar refractivity (Wildman–Crippen MR) is 135 cm³/mol. The van der Waals surface area contributed by atoms with Crippen molar-refractivity contribution in [3.8, 4) is 16.9 Å². The topological polar surface area (TPSA) is 94.8 Å². The van der Waals surface area contributed by atoms with Gasteiger partial charge in [0.15, 0.2) is 0 Å². The van der Waals surface area contributed by atoms with Crippen molar-refractivity contribution in [1.82, 2.24) is 4.98 Å². The van der Waals surface area contributed by atoms with E-state index in [1.54, 1.807) is 45.3 Å². The Hall–Kier alpha value is -2.73. The molecule has 0 saturated heterocycles. The molecule has 11 heteroatoms. The van der Waals surface area contributed by atoms with E-state index >= 15 is 0 Å². The molecule has 1 aliphatic heterocycles. The van der Waals surface area contributed by atoms with Crippen molar-refractivity contribution in [3.05, 3.63) is 68.3 Å². The summed E-state index contributed by atoms with van der Waals surface area (Å²) in [6.07, 6.45) is 1.52. The van der Waals surface area contributed by atoms with Crippen LogP contribution in [0.2, 0.25) is 0 Å². The maximum atomic E-state index is 12.5. The van der Waals surface area contributed by atoms with Crippen LogP contribution in [0.1, 0.15) is 18.7 Å². The summed E-state index contributed by atoms with van der Waals surface area (Å²) in [6, 6.07) is 12.4. The fourth-order valence-electron chi connectivity index (χ4n) is 3.58. The number of aromatic nitrogens is 1. The molecule has 0 bridgehead atoms. The van der Waals surface area contributed by atoms with Gasteiger partial charge in [0.2, 0.25) is 10.0 Å². The molecule has 0 unspecified atom stereocenters. The lowest BCUT2D eigenvalue weighted by molar-refractivity contribution is 0.415. The number of sulfonamides is 1. The van der Waals surface area contributed by atoms with Crippen molar-refractivity contribution in [2.24, 2.45) is 4.99 Å². The van der Waals surface area contributed by atoms with E-state index in [4.69, 9.17) is 9.73 Å². The maximum Gasteiger partial charge on any atom is 0.202 e. The molecule has 33 heavy (non-hydrogen) atoms. The number of ether oxygens (including phenoxy) is 1. The molecule has 3 heterocycles. The van der Waals surface area contributed by atoms with E-state index in [0.717, 1.165) is 27.2 Å². The van der Waals surface area contributed by atoms with E-state index in [0.29, 0.717) is 5.69 Å². The van der Waals surface area contributed by atoms with E-state index < -0.39 is 10.0 Å². The minimum atomic E-state index is -3.83. The van der Waals surface area contributed by atoms with Gasteiger partial charge in [-0.05, 0) is 61.7 Å². The highest BCUT2D eigenvalue weighted by Gasteiger charge is 2.33. The number of methoxy groups -OCH3 is 1. The van der Waals surface area contributed by atoms with Gasteiger partial charge in [-0.15, -0.1) is 0 Å². The molecule has 0 spiro atoms. The Bertz CT molecular complexity index is 1490. The summed E-state index contributed by atoms with van der Waals surface area (Å²) in [5, 5.41) is 5.49. The average molecular weight is 516 g/mol. The highest BCUT2D eigenvalue weighted by atomic mass is 32.9. The van der Waals surface area contributed by atoms with Gasteiger partial charge >= 0.3 is 0 Å². The Kier molecular flexibility index (Phi) is 5.52. The zero-order valence-corrected chi connectivity index (χ0v) is 21.2. The molecule has 0 atom stereocenters. The van der Waals surface area contributed by atoms with E-state index in [9.17, 15) is 8.42 Å². The Morgan fingerprint density at radius 1 is 1.12 bits per heavy atom. The van der Waals surface area contributed by atoms with Gasteiger partial charge in [0.1, 0.15) is 10.4 Å². The van der Waals surface area contributed by atoms with E-state index in [-0.39, 0.29) is 15.6 Å². The van der Waals surface area contributed by atoms with Crippen LogP contribution in [0.3, 0.4) is 0 Å². The number of nitrogens with zero attached hydrogens (tertiary/aromatic N) is 3. The minimum absolute atomic E-state index is 0.105. The van der Waals surface area contributed by atoms with E-state index in [1.165, 1.54) is 34.5 Å². The SMILES string of the molecule is COc1ccc2c(c1)-c1c(ssc1=Nc1ccc(S(=O)(=O)[N-]c3nccs3)cc1)C(C)(C)N2. The summed E-state index contributed by atoms with van der Waals surface area (Å²) in [7, 11) is 1.12.